The predicted molar refractivity (Wildman–Crippen MR) is 108 cm³/mol. The summed E-state index contributed by atoms with van der Waals surface area (Å²) < 4.78 is 11.1. The first-order valence-corrected chi connectivity index (χ1v) is 9.15. The van der Waals surface area contributed by atoms with Gasteiger partial charge in [-0.15, -0.1) is 0 Å². The number of rotatable bonds is 12. The van der Waals surface area contributed by atoms with Gasteiger partial charge >= 0.3 is 0 Å². The molecule has 6 nitrogen and oxygen atoms in total. The summed E-state index contributed by atoms with van der Waals surface area (Å²) in [5.74, 6) is 3.07. The van der Waals surface area contributed by atoms with Crippen molar-refractivity contribution in [3.63, 3.8) is 0 Å². The summed E-state index contributed by atoms with van der Waals surface area (Å²) in [6.45, 7) is 2.16. The molecule has 6 heteroatoms. The second-order valence-corrected chi connectivity index (χ2v) is 5.79. The van der Waals surface area contributed by atoms with Crippen LogP contribution in [-0.4, -0.2) is 26.3 Å². The maximum atomic E-state index is 5.57. The second-order valence-electron chi connectivity index (χ2n) is 5.79. The zero-order valence-corrected chi connectivity index (χ0v) is 15.5. The number of ether oxygens (including phenoxy) is 2. The minimum Gasteiger partial charge on any atom is -0.492 e. The van der Waals surface area contributed by atoms with E-state index in [-0.39, 0.29) is 0 Å². The third kappa shape index (κ3) is 7.19. The van der Waals surface area contributed by atoms with Crippen molar-refractivity contribution >= 4 is 0 Å². The summed E-state index contributed by atoms with van der Waals surface area (Å²) in [5, 5.41) is 0. The van der Waals surface area contributed by atoms with E-state index in [1.165, 1.54) is 0 Å². The van der Waals surface area contributed by atoms with Gasteiger partial charge in [0.05, 0.1) is 13.1 Å². The molecule has 0 unspecified atom stereocenters. The van der Waals surface area contributed by atoms with Crippen molar-refractivity contribution in [3.05, 3.63) is 84.9 Å². The molecule has 146 valence electrons. The van der Waals surface area contributed by atoms with Crippen LogP contribution in [0.2, 0.25) is 0 Å². The monoisotopic (exact) mass is 380 g/mol. The summed E-state index contributed by atoms with van der Waals surface area (Å²) in [7, 11) is 0. The molecule has 0 fully saturated rings. The van der Waals surface area contributed by atoms with Crippen LogP contribution in [0.1, 0.15) is 0 Å². The largest absolute Gasteiger partial charge is 0.492 e. The van der Waals surface area contributed by atoms with Crippen LogP contribution in [0, 0.1) is 0 Å². The highest BCUT2D eigenvalue weighted by Gasteiger charge is 1.98. The Morgan fingerprint density at radius 2 is 0.857 bits per heavy atom. The van der Waals surface area contributed by atoms with Gasteiger partial charge in [-0.1, -0.05) is 36.4 Å². The average Bonchev–Trinajstić information content (AvgIpc) is 2.76. The maximum absolute atomic E-state index is 5.57. The smallest absolute Gasteiger partial charge is 0.147 e. The van der Waals surface area contributed by atoms with Crippen LogP contribution in [0.3, 0.4) is 0 Å². The number of para-hydroxylation sites is 2. The molecule has 28 heavy (non-hydrogen) atoms. The van der Waals surface area contributed by atoms with Crippen LogP contribution >= 0.6 is 0 Å². The van der Waals surface area contributed by atoms with E-state index in [4.69, 9.17) is 19.1 Å². The minimum atomic E-state index is 0.514. The average molecular weight is 380 g/mol. The highest BCUT2D eigenvalue weighted by molar-refractivity contribution is 5.30. The first-order valence-electron chi connectivity index (χ1n) is 9.15. The zero-order valence-electron chi connectivity index (χ0n) is 15.5. The molecule has 0 saturated heterocycles. The van der Waals surface area contributed by atoms with E-state index in [0.717, 1.165) is 11.5 Å². The zero-order chi connectivity index (χ0) is 19.3. The maximum Gasteiger partial charge on any atom is 0.147 e. The molecule has 0 spiro atoms. The van der Waals surface area contributed by atoms with Crippen LogP contribution in [0.4, 0.5) is 0 Å². The van der Waals surface area contributed by atoms with Gasteiger partial charge in [0.25, 0.3) is 0 Å². The topological polar surface area (TPSA) is 61.0 Å². The van der Waals surface area contributed by atoms with Gasteiger partial charge in [0.15, 0.2) is 0 Å². The molecule has 0 atom stereocenters. The lowest BCUT2D eigenvalue weighted by atomic mass is 10.3. The predicted octanol–water partition coefficient (Wildman–Crippen LogP) is 3.61. The van der Waals surface area contributed by atoms with Gasteiger partial charge in [0, 0.05) is 0 Å². The van der Waals surface area contributed by atoms with E-state index >= 15 is 0 Å². The summed E-state index contributed by atoms with van der Waals surface area (Å²) in [4.78, 5) is 10.9. The molecule has 3 aromatic carbocycles. The molecule has 0 aliphatic rings. The lowest BCUT2D eigenvalue weighted by Gasteiger charge is -2.10. The van der Waals surface area contributed by atoms with E-state index in [1.807, 2.05) is 84.9 Å². The molecule has 0 bridgehead atoms. The van der Waals surface area contributed by atoms with Gasteiger partial charge in [0.2, 0.25) is 0 Å². The molecule has 0 heterocycles. The molecule has 0 aromatic heterocycles. The van der Waals surface area contributed by atoms with Gasteiger partial charge in [-0.3, -0.25) is 0 Å². The van der Waals surface area contributed by atoms with E-state index in [0.29, 0.717) is 37.8 Å². The number of hydrogen-bond acceptors (Lipinski definition) is 6. The second kappa shape index (κ2) is 11.5. The van der Waals surface area contributed by atoms with Crippen molar-refractivity contribution in [1.29, 1.82) is 0 Å². The molecular weight excluding hydrogens is 356 g/mol. The van der Waals surface area contributed by atoms with Gasteiger partial charge in [-0.25, -0.2) is 0 Å². The molecule has 3 rings (SSSR count). The Hall–Kier alpha value is -3.22. The fourth-order valence-electron chi connectivity index (χ4n) is 2.30. The minimum absolute atomic E-state index is 0.514. The Balaban J connectivity index is 1.25. The number of hydrogen-bond donors (Lipinski definition) is 2. The van der Waals surface area contributed by atoms with E-state index in [1.54, 1.807) is 0 Å². The van der Waals surface area contributed by atoms with Crippen molar-refractivity contribution in [3.8, 4) is 23.0 Å². The van der Waals surface area contributed by atoms with E-state index < -0.39 is 0 Å². The third-order valence-electron chi connectivity index (χ3n) is 3.64. The summed E-state index contributed by atoms with van der Waals surface area (Å²) in [5.41, 5.74) is 5.74. The summed E-state index contributed by atoms with van der Waals surface area (Å²) >= 11 is 0. The Labute approximate surface area is 164 Å². The van der Waals surface area contributed by atoms with Crippen LogP contribution in [0.25, 0.3) is 0 Å². The Kier molecular flexibility index (Phi) is 8.01. The van der Waals surface area contributed by atoms with Crippen LogP contribution in [0.15, 0.2) is 84.9 Å². The highest BCUT2D eigenvalue weighted by atomic mass is 16.7. The Morgan fingerprint density at radius 1 is 0.464 bits per heavy atom. The molecule has 0 aliphatic carbocycles. The van der Waals surface area contributed by atoms with Crippen molar-refractivity contribution < 1.29 is 19.1 Å². The molecule has 0 saturated carbocycles. The molecule has 2 N–H and O–H groups in total. The standard InChI is InChI=1S/C22H24N2O4/c1-3-7-19(8-4-1)25-17-15-23-27-21-11-13-22(14-12-21)28-24-16-18-26-20-9-5-2-6-10-20/h1-14,23-24H,15-18H2. The molecule has 3 aromatic rings. The molecule has 0 amide bonds. The van der Waals surface area contributed by atoms with E-state index in [9.17, 15) is 0 Å². The van der Waals surface area contributed by atoms with Gasteiger partial charge in [0.1, 0.15) is 36.2 Å². The number of hydroxylamine groups is 2. The quantitative estimate of drug-likeness (QED) is 0.370. The van der Waals surface area contributed by atoms with E-state index in [2.05, 4.69) is 11.0 Å². The SMILES string of the molecule is c1ccc(OCCNOc2ccc(ONCCOc3ccccc3)cc2)cc1. The summed E-state index contributed by atoms with van der Waals surface area (Å²) in [6, 6.07) is 26.6. The normalized spacial score (nSPS) is 10.3. The van der Waals surface area contributed by atoms with Crippen molar-refractivity contribution in [2.45, 2.75) is 0 Å². The number of nitrogens with one attached hydrogen (secondary N) is 2. The van der Waals surface area contributed by atoms with Gasteiger partial charge in [-0.2, -0.15) is 11.0 Å². The fourth-order valence-corrected chi connectivity index (χ4v) is 2.30. The van der Waals surface area contributed by atoms with Crippen molar-refractivity contribution in [2.75, 3.05) is 26.3 Å². The molecular formula is C22H24N2O4. The third-order valence-corrected chi connectivity index (χ3v) is 3.64. The lowest BCUT2D eigenvalue weighted by molar-refractivity contribution is 0.165. The van der Waals surface area contributed by atoms with Crippen LogP contribution in [-0.2, 0) is 0 Å². The van der Waals surface area contributed by atoms with Crippen molar-refractivity contribution in [1.82, 2.24) is 11.0 Å². The van der Waals surface area contributed by atoms with Crippen LogP contribution in [0.5, 0.6) is 23.0 Å². The van der Waals surface area contributed by atoms with Crippen molar-refractivity contribution in [2.24, 2.45) is 0 Å². The molecule has 0 radical (unpaired) electrons. The molecule has 0 aliphatic heterocycles. The Bertz CT molecular complexity index is 714. The van der Waals surface area contributed by atoms with Gasteiger partial charge in [-0.05, 0) is 48.5 Å². The first-order chi connectivity index (χ1) is 13.9. The Morgan fingerprint density at radius 3 is 1.25 bits per heavy atom. The number of benzene rings is 3. The fraction of sp³-hybridized carbons (Fsp3) is 0.182. The highest BCUT2D eigenvalue weighted by Crippen LogP contribution is 2.16. The van der Waals surface area contributed by atoms with Gasteiger partial charge < -0.3 is 19.1 Å². The summed E-state index contributed by atoms with van der Waals surface area (Å²) in [6.07, 6.45) is 0. The first kappa shape index (κ1) is 19.5. The van der Waals surface area contributed by atoms with Crippen LogP contribution < -0.4 is 30.1 Å². The lowest BCUT2D eigenvalue weighted by Crippen LogP contribution is -2.25.